The first-order chi connectivity index (χ1) is 17.3. The molecule has 11 heteroatoms. The van der Waals surface area contributed by atoms with Gasteiger partial charge in [0.05, 0.1) is 5.69 Å². The van der Waals surface area contributed by atoms with Crippen molar-refractivity contribution in [3.05, 3.63) is 16.8 Å². The molecule has 1 unspecified atom stereocenters. The lowest BCUT2D eigenvalue weighted by Crippen LogP contribution is -2.61. The maximum absolute atomic E-state index is 11.5. The van der Waals surface area contributed by atoms with Crippen LogP contribution in [0.4, 0.5) is 0 Å². The third kappa shape index (κ3) is 4.47. The number of fused-ring (bicyclic) bond motifs is 3. The summed E-state index contributed by atoms with van der Waals surface area (Å²) < 4.78 is 13.1. The molecule has 2 fully saturated rings. The Hall–Kier alpha value is -2.31. The number of aryl methyl sites for hydroxylation is 2. The van der Waals surface area contributed by atoms with Crippen LogP contribution in [0.3, 0.4) is 0 Å². The number of aliphatic hydroxyl groups excluding tert-OH is 3. The van der Waals surface area contributed by atoms with Gasteiger partial charge >= 0.3 is 5.97 Å². The number of aliphatic carboxylic acids is 1. The SMILES string of the molecule is CCCN1CCCC(c2nn(C)c3nc(O[C@@H]4O[C@H](C(=O)O)[C@H](O)[C@H](O)[C@H]4O)c4c(c23)CCCC4)C1. The summed E-state index contributed by atoms with van der Waals surface area (Å²) in [5, 5.41) is 46.1. The highest BCUT2D eigenvalue weighted by molar-refractivity contribution is 5.85. The summed E-state index contributed by atoms with van der Waals surface area (Å²) in [4.78, 5) is 18.8. The Morgan fingerprint density at radius 1 is 1.11 bits per heavy atom. The molecule has 1 aliphatic carbocycles. The first-order valence-corrected chi connectivity index (χ1v) is 13.0. The van der Waals surface area contributed by atoms with E-state index < -0.39 is 36.7 Å². The maximum atomic E-state index is 11.5. The summed E-state index contributed by atoms with van der Waals surface area (Å²) in [6, 6.07) is 0. The zero-order valence-corrected chi connectivity index (χ0v) is 20.8. The van der Waals surface area contributed by atoms with E-state index >= 15 is 0 Å². The van der Waals surface area contributed by atoms with E-state index in [2.05, 4.69) is 11.8 Å². The van der Waals surface area contributed by atoms with Gasteiger partial charge in [-0.15, -0.1) is 0 Å². The molecule has 6 atom stereocenters. The van der Waals surface area contributed by atoms with E-state index in [1.807, 2.05) is 7.05 Å². The van der Waals surface area contributed by atoms with Gasteiger partial charge in [0.1, 0.15) is 18.3 Å². The van der Waals surface area contributed by atoms with Crippen molar-refractivity contribution in [3.8, 4) is 5.88 Å². The quantitative estimate of drug-likeness (QED) is 0.443. The first kappa shape index (κ1) is 25.3. The summed E-state index contributed by atoms with van der Waals surface area (Å²) in [5.74, 6) is -0.877. The average Bonchev–Trinajstić information content (AvgIpc) is 3.21. The van der Waals surface area contributed by atoms with Gasteiger partial charge in [-0.3, -0.25) is 4.68 Å². The number of carboxylic acids is 1. The number of carboxylic acid groups (broad SMARTS) is 1. The van der Waals surface area contributed by atoms with Gasteiger partial charge in [-0.25, -0.2) is 4.79 Å². The van der Waals surface area contributed by atoms with E-state index in [9.17, 15) is 25.2 Å². The Labute approximate surface area is 209 Å². The third-order valence-corrected chi connectivity index (χ3v) is 7.75. The number of carbonyl (C=O) groups is 1. The summed E-state index contributed by atoms with van der Waals surface area (Å²) in [6.45, 7) is 5.38. The van der Waals surface area contributed by atoms with Gasteiger partial charge in [-0.05, 0) is 63.6 Å². The molecule has 0 radical (unpaired) electrons. The van der Waals surface area contributed by atoms with E-state index in [4.69, 9.17) is 19.6 Å². The van der Waals surface area contributed by atoms with E-state index in [1.54, 1.807) is 4.68 Å². The van der Waals surface area contributed by atoms with Crippen LogP contribution in [0, 0.1) is 0 Å². The van der Waals surface area contributed by atoms with Crippen molar-refractivity contribution < 1.29 is 34.7 Å². The second-order valence-corrected chi connectivity index (χ2v) is 10.3. The number of piperidine rings is 1. The predicted molar refractivity (Wildman–Crippen MR) is 129 cm³/mol. The number of hydrogen-bond donors (Lipinski definition) is 4. The van der Waals surface area contributed by atoms with Crippen molar-refractivity contribution in [3.63, 3.8) is 0 Å². The monoisotopic (exact) mass is 504 g/mol. The largest absolute Gasteiger partial charge is 0.479 e. The summed E-state index contributed by atoms with van der Waals surface area (Å²) in [6.07, 6.45) is -1.47. The fourth-order valence-electron chi connectivity index (χ4n) is 5.97. The summed E-state index contributed by atoms with van der Waals surface area (Å²) in [7, 11) is 1.86. The standard InChI is InChI=1S/C25H36N4O7/c1-3-10-29-11-6-7-13(12-29)17-16-14-8-4-5-9-15(14)23(26-22(16)28(2)27-17)36-25-20(32)18(30)19(31)21(35-25)24(33)34/h13,18-21,25,30-32H,3-12H2,1-2H3,(H,33,34)/t13?,18-,19+,20+,21-,25-/m0/s1. The number of rotatable bonds is 6. The molecule has 4 N–H and O–H groups in total. The second-order valence-electron chi connectivity index (χ2n) is 10.3. The Morgan fingerprint density at radius 3 is 2.58 bits per heavy atom. The van der Waals surface area contributed by atoms with E-state index in [-0.39, 0.29) is 5.88 Å². The van der Waals surface area contributed by atoms with Gasteiger partial charge in [0.25, 0.3) is 0 Å². The van der Waals surface area contributed by atoms with Crippen molar-refractivity contribution in [2.45, 2.75) is 88.5 Å². The van der Waals surface area contributed by atoms with Crippen LogP contribution in [0.15, 0.2) is 0 Å². The molecule has 5 rings (SSSR count). The number of aromatic nitrogens is 3. The normalized spacial score (nSPS) is 31.4. The zero-order chi connectivity index (χ0) is 25.6. The Morgan fingerprint density at radius 2 is 1.86 bits per heavy atom. The molecule has 0 bridgehead atoms. The molecule has 198 valence electrons. The van der Waals surface area contributed by atoms with Crippen LogP contribution in [-0.4, -0.2) is 96.4 Å². The zero-order valence-electron chi connectivity index (χ0n) is 20.8. The van der Waals surface area contributed by atoms with Crippen molar-refractivity contribution in [1.82, 2.24) is 19.7 Å². The first-order valence-electron chi connectivity index (χ1n) is 13.0. The van der Waals surface area contributed by atoms with Crippen molar-refractivity contribution in [2.75, 3.05) is 19.6 Å². The molecular formula is C25H36N4O7. The minimum absolute atomic E-state index is 0.250. The smallest absolute Gasteiger partial charge is 0.335 e. The van der Waals surface area contributed by atoms with Crippen LogP contribution in [-0.2, 0) is 29.4 Å². The molecule has 0 saturated carbocycles. The second kappa shape index (κ2) is 10.2. The van der Waals surface area contributed by atoms with Crippen LogP contribution in [0.5, 0.6) is 5.88 Å². The molecule has 3 aliphatic rings. The Balaban J connectivity index is 1.52. The van der Waals surface area contributed by atoms with Crippen molar-refractivity contribution in [2.24, 2.45) is 7.05 Å². The molecule has 4 heterocycles. The van der Waals surface area contributed by atoms with Crippen molar-refractivity contribution in [1.29, 1.82) is 0 Å². The third-order valence-electron chi connectivity index (χ3n) is 7.75. The molecule has 2 aromatic rings. The molecule has 2 aromatic heterocycles. The van der Waals surface area contributed by atoms with Crippen LogP contribution >= 0.6 is 0 Å². The van der Waals surface area contributed by atoms with Crippen LogP contribution in [0.2, 0.25) is 0 Å². The fraction of sp³-hybridized carbons (Fsp3) is 0.720. The molecule has 0 amide bonds. The lowest BCUT2D eigenvalue weighted by Gasteiger charge is -2.38. The van der Waals surface area contributed by atoms with Gasteiger partial charge < -0.3 is 34.8 Å². The van der Waals surface area contributed by atoms with Gasteiger partial charge in [-0.2, -0.15) is 10.1 Å². The Bertz CT molecular complexity index is 1120. The molecule has 2 aliphatic heterocycles. The minimum Gasteiger partial charge on any atom is -0.479 e. The highest BCUT2D eigenvalue weighted by atomic mass is 16.7. The topological polar surface area (TPSA) is 150 Å². The van der Waals surface area contributed by atoms with Gasteiger partial charge in [0.2, 0.25) is 12.2 Å². The van der Waals surface area contributed by atoms with Crippen LogP contribution < -0.4 is 4.74 Å². The minimum atomic E-state index is -1.77. The number of ether oxygens (including phenoxy) is 2. The Kier molecular flexibility index (Phi) is 7.19. The number of likely N-dealkylation sites (tertiary alicyclic amines) is 1. The lowest BCUT2D eigenvalue weighted by molar-refractivity contribution is -0.271. The molecular weight excluding hydrogens is 468 g/mol. The van der Waals surface area contributed by atoms with Crippen molar-refractivity contribution >= 4 is 17.0 Å². The fourth-order valence-corrected chi connectivity index (χ4v) is 5.97. The summed E-state index contributed by atoms with van der Waals surface area (Å²) in [5.41, 5.74) is 3.79. The van der Waals surface area contributed by atoms with E-state index in [0.29, 0.717) is 11.6 Å². The number of aliphatic hydroxyl groups is 3. The van der Waals surface area contributed by atoms with Gasteiger partial charge in [0.15, 0.2) is 11.8 Å². The molecule has 2 saturated heterocycles. The van der Waals surface area contributed by atoms with E-state index in [0.717, 1.165) is 86.8 Å². The van der Waals surface area contributed by atoms with Gasteiger partial charge in [-0.1, -0.05) is 6.92 Å². The van der Waals surface area contributed by atoms with Crippen LogP contribution in [0.1, 0.15) is 61.8 Å². The summed E-state index contributed by atoms with van der Waals surface area (Å²) >= 11 is 0. The van der Waals surface area contributed by atoms with Gasteiger partial charge in [0, 0.05) is 30.5 Å². The molecule has 11 nitrogen and oxygen atoms in total. The highest BCUT2D eigenvalue weighted by Gasteiger charge is 2.48. The number of nitrogens with zero attached hydrogens (tertiary/aromatic N) is 4. The predicted octanol–water partition coefficient (Wildman–Crippen LogP) is 0.708. The lowest BCUT2D eigenvalue weighted by atomic mass is 9.86. The highest BCUT2D eigenvalue weighted by Crippen LogP contribution is 2.40. The van der Waals surface area contributed by atoms with E-state index in [1.165, 1.54) is 0 Å². The average molecular weight is 505 g/mol. The number of hydrogen-bond acceptors (Lipinski definition) is 9. The molecule has 0 aromatic carbocycles. The molecule has 36 heavy (non-hydrogen) atoms. The molecule has 0 spiro atoms. The van der Waals surface area contributed by atoms with Crippen LogP contribution in [0.25, 0.3) is 11.0 Å². The number of pyridine rings is 1. The maximum Gasteiger partial charge on any atom is 0.335 e.